The Morgan fingerprint density at radius 3 is 2.84 bits per heavy atom. The Morgan fingerprint density at radius 1 is 1.42 bits per heavy atom. The molecule has 1 aliphatic rings. The van der Waals surface area contributed by atoms with Crippen LogP contribution in [0.3, 0.4) is 0 Å². The van der Waals surface area contributed by atoms with E-state index in [0.717, 1.165) is 5.56 Å². The van der Waals surface area contributed by atoms with Crippen molar-refractivity contribution in [3.63, 3.8) is 0 Å². The van der Waals surface area contributed by atoms with Crippen LogP contribution in [0.25, 0.3) is 0 Å². The van der Waals surface area contributed by atoms with E-state index in [1.54, 1.807) is 19.2 Å². The molecule has 0 saturated carbocycles. The number of hydrogen-bond acceptors (Lipinski definition) is 6. The van der Waals surface area contributed by atoms with E-state index in [-0.39, 0.29) is 12.8 Å². The van der Waals surface area contributed by atoms with Crippen molar-refractivity contribution < 1.29 is 23.7 Å². The van der Waals surface area contributed by atoms with Crippen LogP contribution in [0.4, 0.5) is 0 Å². The molecule has 1 N–H and O–H groups in total. The molecule has 0 bridgehead atoms. The quantitative estimate of drug-likeness (QED) is 0.810. The molecule has 6 nitrogen and oxygen atoms in total. The molecule has 0 aliphatic carbocycles. The molecule has 104 valence electrons. The van der Waals surface area contributed by atoms with Crippen LogP contribution in [-0.2, 0) is 9.53 Å². The molecule has 1 atom stereocenters. The molecule has 6 heteroatoms. The van der Waals surface area contributed by atoms with Crippen LogP contribution in [-0.4, -0.2) is 33.5 Å². The number of carbonyl (C=O) groups excluding carboxylic acids is 1. The van der Waals surface area contributed by atoms with Gasteiger partial charge in [0.15, 0.2) is 11.5 Å². The lowest BCUT2D eigenvalue weighted by Crippen LogP contribution is -2.29. The topological polar surface area (TPSA) is 66.0 Å². The number of hydrogen-bond donors (Lipinski definition) is 1. The summed E-state index contributed by atoms with van der Waals surface area (Å²) in [5.74, 6) is 1.31. The number of methoxy groups -OCH3 is 2. The largest absolute Gasteiger partial charge is 0.493 e. The third-order valence-corrected chi connectivity index (χ3v) is 2.86. The zero-order valence-electron chi connectivity index (χ0n) is 11.2. The third kappa shape index (κ3) is 2.58. The summed E-state index contributed by atoms with van der Waals surface area (Å²) in [5, 5.41) is 3.07. The van der Waals surface area contributed by atoms with Gasteiger partial charge < -0.3 is 24.3 Å². The Balaban J connectivity index is 2.40. The van der Waals surface area contributed by atoms with Gasteiger partial charge in [-0.15, -0.1) is 0 Å². The highest BCUT2D eigenvalue weighted by molar-refractivity contribution is 5.78. The van der Waals surface area contributed by atoms with Gasteiger partial charge in [-0.25, -0.2) is 4.79 Å². The minimum absolute atomic E-state index is 0.152. The normalized spacial score (nSPS) is 14.1. The molecule has 0 saturated heterocycles. The number of carbonyl (C=O) groups is 1. The lowest BCUT2D eigenvalue weighted by atomic mass is 10.1. The van der Waals surface area contributed by atoms with E-state index in [0.29, 0.717) is 23.8 Å². The molecule has 0 radical (unpaired) electrons. The van der Waals surface area contributed by atoms with Crippen LogP contribution in [0.1, 0.15) is 18.5 Å². The molecule has 0 aromatic heterocycles. The van der Waals surface area contributed by atoms with Gasteiger partial charge in [0.25, 0.3) is 0 Å². The van der Waals surface area contributed by atoms with Crippen molar-refractivity contribution in [1.29, 1.82) is 0 Å². The molecule has 1 aromatic rings. The van der Waals surface area contributed by atoms with Crippen LogP contribution in [0.2, 0.25) is 0 Å². The Kier molecular flexibility index (Phi) is 4.11. The zero-order valence-corrected chi connectivity index (χ0v) is 11.2. The lowest BCUT2D eigenvalue weighted by molar-refractivity contribution is -0.143. The lowest BCUT2D eigenvalue weighted by Gasteiger charge is -2.17. The maximum Gasteiger partial charge on any atom is 0.327 e. The fourth-order valence-electron chi connectivity index (χ4n) is 1.98. The van der Waals surface area contributed by atoms with Crippen molar-refractivity contribution in [2.24, 2.45) is 0 Å². The average molecular weight is 267 g/mol. The van der Waals surface area contributed by atoms with E-state index in [1.165, 1.54) is 7.11 Å². The molecule has 0 fully saturated rings. The first-order chi connectivity index (χ1) is 9.21. The number of esters is 1. The monoisotopic (exact) mass is 267 g/mol. The summed E-state index contributed by atoms with van der Waals surface area (Å²) in [7, 11) is 2.90. The van der Waals surface area contributed by atoms with E-state index in [1.807, 2.05) is 6.92 Å². The highest BCUT2D eigenvalue weighted by Gasteiger charge is 2.26. The van der Waals surface area contributed by atoms with Crippen LogP contribution in [0.5, 0.6) is 17.2 Å². The Labute approximate surface area is 111 Å². The Morgan fingerprint density at radius 2 is 2.21 bits per heavy atom. The van der Waals surface area contributed by atoms with Crippen molar-refractivity contribution in [2.75, 3.05) is 27.6 Å². The van der Waals surface area contributed by atoms with Crippen LogP contribution < -0.4 is 19.5 Å². The predicted octanol–water partition coefficient (Wildman–Crippen LogP) is 1.25. The van der Waals surface area contributed by atoms with Gasteiger partial charge in [-0.2, -0.15) is 0 Å². The number of rotatable bonds is 5. The standard InChI is InChI=1S/C13H17NO5/c1-4-14-11(13(15)17-3)8-5-9(16-2)12-10(6-8)18-7-19-12/h5-6,11,14H,4,7H2,1-3H3. The first kappa shape index (κ1) is 13.5. The fourth-order valence-corrected chi connectivity index (χ4v) is 1.98. The minimum Gasteiger partial charge on any atom is -0.493 e. The molecule has 19 heavy (non-hydrogen) atoms. The molecular weight excluding hydrogens is 250 g/mol. The van der Waals surface area contributed by atoms with Gasteiger partial charge in [0.2, 0.25) is 12.5 Å². The highest BCUT2D eigenvalue weighted by atomic mass is 16.7. The maximum absolute atomic E-state index is 11.8. The summed E-state index contributed by atoms with van der Waals surface area (Å²) in [6, 6.07) is 2.95. The number of ether oxygens (including phenoxy) is 4. The second-order valence-corrected chi connectivity index (χ2v) is 3.97. The highest BCUT2D eigenvalue weighted by Crippen LogP contribution is 2.43. The van der Waals surface area contributed by atoms with Gasteiger partial charge in [0, 0.05) is 0 Å². The second-order valence-electron chi connectivity index (χ2n) is 3.97. The minimum atomic E-state index is -0.557. The van der Waals surface area contributed by atoms with Crippen molar-refractivity contribution >= 4 is 5.97 Å². The van der Waals surface area contributed by atoms with E-state index < -0.39 is 6.04 Å². The number of likely N-dealkylation sites (N-methyl/N-ethyl adjacent to an activating group) is 1. The smallest absolute Gasteiger partial charge is 0.327 e. The number of fused-ring (bicyclic) bond motifs is 1. The SMILES string of the molecule is CCNC(C(=O)OC)c1cc(OC)c2c(c1)OCO2. The number of nitrogens with one attached hydrogen (secondary N) is 1. The molecular formula is C13H17NO5. The van der Waals surface area contributed by atoms with Gasteiger partial charge in [-0.05, 0) is 24.2 Å². The molecule has 0 amide bonds. The molecule has 1 heterocycles. The van der Waals surface area contributed by atoms with Crippen LogP contribution in [0.15, 0.2) is 12.1 Å². The summed E-state index contributed by atoms with van der Waals surface area (Å²) in [5.41, 5.74) is 0.717. The van der Waals surface area contributed by atoms with E-state index in [9.17, 15) is 4.79 Å². The van der Waals surface area contributed by atoms with Crippen LogP contribution in [0, 0.1) is 0 Å². The van der Waals surface area contributed by atoms with Gasteiger partial charge in [-0.3, -0.25) is 0 Å². The molecule has 1 aliphatic heterocycles. The molecule has 1 unspecified atom stereocenters. The summed E-state index contributed by atoms with van der Waals surface area (Å²) in [6.45, 7) is 2.70. The van der Waals surface area contributed by atoms with Crippen molar-refractivity contribution in [3.8, 4) is 17.2 Å². The van der Waals surface area contributed by atoms with E-state index >= 15 is 0 Å². The average Bonchev–Trinajstić information content (AvgIpc) is 2.91. The van der Waals surface area contributed by atoms with E-state index in [4.69, 9.17) is 18.9 Å². The summed E-state index contributed by atoms with van der Waals surface area (Å²) >= 11 is 0. The second kappa shape index (κ2) is 5.79. The maximum atomic E-state index is 11.8. The first-order valence-electron chi connectivity index (χ1n) is 6.00. The third-order valence-electron chi connectivity index (χ3n) is 2.86. The predicted molar refractivity (Wildman–Crippen MR) is 67.6 cm³/mol. The molecule has 2 rings (SSSR count). The van der Waals surface area contributed by atoms with Crippen LogP contribution >= 0.6 is 0 Å². The number of benzene rings is 1. The summed E-state index contributed by atoms with van der Waals surface area (Å²) < 4.78 is 20.7. The Hall–Kier alpha value is -1.95. The first-order valence-corrected chi connectivity index (χ1v) is 6.00. The van der Waals surface area contributed by atoms with Gasteiger partial charge in [0.1, 0.15) is 6.04 Å². The fraction of sp³-hybridized carbons (Fsp3) is 0.462. The Bertz CT molecular complexity index is 474. The van der Waals surface area contributed by atoms with Crippen molar-refractivity contribution in [1.82, 2.24) is 5.32 Å². The van der Waals surface area contributed by atoms with Crippen molar-refractivity contribution in [2.45, 2.75) is 13.0 Å². The zero-order chi connectivity index (χ0) is 13.8. The molecule has 0 spiro atoms. The van der Waals surface area contributed by atoms with E-state index in [2.05, 4.69) is 5.32 Å². The van der Waals surface area contributed by atoms with Gasteiger partial charge >= 0.3 is 5.97 Å². The summed E-state index contributed by atoms with van der Waals surface area (Å²) in [6.07, 6.45) is 0. The van der Waals surface area contributed by atoms with Gasteiger partial charge in [-0.1, -0.05) is 6.92 Å². The van der Waals surface area contributed by atoms with Gasteiger partial charge in [0.05, 0.1) is 14.2 Å². The molecule has 1 aromatic carbocycles. The van der Waals surface area contributed by atoms with Crippen molar-refractivity contribution in [3.05, 3.63) is 17.7 Å². The summed E-state index contributed by atoms with van der Waals surface area (Å²) in [4.78, 5) is 11.8.